The zero-order chi connectivity index (χ0) is 2.12. The van der Waals surface area contributed by atoms with Crippen molar-refractivity contribution >= 4 is 0 Å². The monoisotopic (exact) mass is 60.0 g/mol. The van der Waals surface area contributed by atoms with Gasteiger partial charge in [-0.05, 0) is 6.42 Å². The average Bonchev–Trinajstić information content (AvgIpc) is 1.46. The van der Waals surface area contributed by atoms with Crippen LogP contribution in [0.1, 0.15) is 6.42 Å². The molecule has 0 bridgehead atoms. The minimum atomic E-state index is 0. The molecule has 0 N–H and O–H groups in total. The summed E-state index contributed by atoms with van der Waals surface area (Å²) in [5, 5.41) is 0. The molecule has 1 aliphatic rings. The number of hydrogen-bond donors (Lipinski definition) is 0. The van der Waals surface area contributed by atoms with Gasteiger partial charge in [0.25, 0.3) is 0 Å². The van der Waals surface area contributed by atoms with Crippen LogP contribution < -0.4 is 0 Å². The predicted octanol–water partition coefficient (Wildman–Crippen LogP) is 1.10. The van der Waals surface area contributed by atoms with Crippen molar-refractivity contribution < 1.29 is 4.70 Å². The molecule has 0 aliphatic heterocycles. The van der Waals surface area contributed by atoms with Crippen LogP contribution in [0.25, 0.3) is 0 Å². The molecule has 0 heterocycles. The van der Waals surface area contributed by atoms with Gasteiger partial charge >= 0.3 is 0 Å². The predicted molar refractivity (Wildman–Crippen MR) is 16.3 cm³/mol. The van der Waals surface area contributed by atoms with E-state index < -0.39 is 0 Å². The van der Waals surface area contributed by atoms with Crippen molar-refractivity contribution in [2.24, 2.45) is 0 Å². The molecule has 0 saturated carbocycles. The van der Waals surface area contributed by atoms with Gasteiger partial charge in [0, 0.05) is 0 Å². The molecule has 1 rings (SSSR count). The highest BCUT2D eigenvalue weighted by molar-refractivity contribution is 5.02. The summed E-state index contributed by atoms with van der Waals surface area (Å²) in [5.74, 6) is 0. The Kier molecular flexibility index (Phi) is 0.958. The molecule has 1 heteroatoms. The van der Waals surface area contributed by atoms with Crippen LogP contribution in [0.4, 0.5) is 4.70 Å². The van der Waals surface area contributed by atoms with Crippen LogP contribution in [0.15, 0.2) is 12.2 Å². The van der Waals surface area contributed by atoms with Crippen molar-refractivity contribution in [2.75, 3.05) is 0 Å². The Hall–Kier alpha value is -0.330. The molecule has 0 spiro atoms. The zero-order valence-corrected chi connectivity index (χ0v) is 2.27. The first-order valence-corrected chi connectivity index (χ1v) is 1.15. The summed E-state index contributed by atoms with van der Waals surface area (Å²) in [7, 11) is 0. The molecular formula is C3H5F. The molecule has 0 nitrogen and oxygen atoms in total. The zero-order valence-electron chi connectivity index (χ0n) is 2.27. The maximum absolute atomic E-state index is 2.12. The van der Waals surface area contributed by atoms with E-state index in [0.29, 0.717) is 0 Å². The third-order valence-electron chi connectivity index (χ3n) is 0.236. The van der Waals surface area contributed by atoms with Gasteiger partial charge in [-0.15, -0.1) is 0 Å². The van der Waals surface area contributed by atoms with E-state index in [-0.39, 0.29) is 4.70 Å². The van der Waals surface area contributed by atoms with Crippen LogP contribution >= 0.6 is 0 Å². The van der Waals surface area contributed by atoms with Crippen molar-refractivity contribution in [3.8, 4) is 0 Å². The van der Waals surface area contributed by atoms with E-state index in [1.807, 2.05) is 0 Å². The number of hydrogen-bond acceptors (Lipinski definition) is 0. The van der Waals surface area contributed by atoms with Gasteiger partial charge in [-0.2, -0.15) is 0 Å². The molecular weight excluding hydrogens is 55.0 g/mol. The Morgan fingerprint density at radius 3 is 1.50 bits per heavy atom. The number of allylic oxidation sites excluding steroid dienone is 2. The third kappa shape index (κ3) is 1.67. The number of rotatable bonds is 0. The summed E-state index contributed by atoms with van der Waals surface area (Å²) in [6.45, 7) is 0. The second kappa shape index (κ2) is 1.04. The van der Waals surface area contributed by atoms with E-state index in [2.05, 4.69) is 12.2 Å². The van der Waals surface area contributed by atoms with Crippen molar-refractivity contribution in [2.45, 2.75) is 6.42 Å². The highest BCUT2D eigenvalue weighted by atomic mass is 19.0. The van der Waals surface area contributed by atoms with Gasteiger partial charge in [-0.1, -0.05) is 12.2 Å². The van der Waals surface area contributed by atoms with Gasteiger partial charge in [0.1, 0.15) is 0 Å². The van der Waals surface area contributed by atoms with E-state index in [0.717, 1.165) is 0 Å². The molecule has 0 unspecified atom stereocenters. The maximum atomic E-state index is 2.12. The fourth-order valence-electron chi connectivity index (χ4n) is 0. The largest absolute Gasteiger partial charge is 0.269 e. The molecule has 0 aromatic rings. The summed E-state index contributed by atoms with van der Waals surface area (Å²) >= 11 is 0. The second-order valence-corrected chi connectivity index (χ2v) is 0.707. The smallest absolute Gasteiger partial charge is 0.0169 e. The van der Waals surface area contributed by atoms with Crippen molar-refractivity contribution in [1.82, 2.24) is 0 Å². The summed E-state index contributed by atoms with van der Waals surface area (Å²) < 4.78 is 0. The molecule has 0 aromatic heterocycles. The van der Waals surface area contributed by atoms with E-state index in [9.17, 15) is 0 Å². The van der Waals surface area contributed by atoms with Crippen LogP contribution in [-0.2, 0) is 0 Å². The van der Waals surface area contributed by atoms with Gasteiger partial charge in [0.2, 0.25) is 0 Å². The normalized spacial score (nSPS) is 14.0. The molecule has 0 aromatic carbocycles. The molecule has 0 atom stereocenters. The Bertz CT molecular complexity index is 26.3. The van der Waals surface area contributed by atoms with Crippen LogP contribution in [0, 0.1) is 0 Å². The second-order valence-electron chi connectivity index (χ2n) is 0.707. The van der Waals surface area contributed by atoms with Gasteiger partial charge in [-0.3, -0.25) is 4.70 Å². The lowest BCUT2D eigenvalue weighted by Gasteiger charge is -1.15. The molecule has 0 saturated heterocycles. The standard InChI is InChI=1S/C3H4.FH/c1-2-3-1;/h1-2H,3H2;1H. The first-order chi connectivity index (χ1) is 1.50. The topological polar surface area (TPSA) is 0 Å². The minimum Gasteiger partial charge on any atom is -0.269 e. The lowest BCUT2D eigenvalue weighted by molar-refractivity contribution is 1.11. The third-order valence-corrected chi connectivity index (χ3v) is 0.236. The Labute approximate surface area is 24.5 Å². The van der Waals surface area contributed by atoms with Gasteiger partial charge in [-0.25, -0.2) is 0 Å². The van der Waals surface area contributed by atoms with Crippen molar-refractivity contribution in [3.05, 3.63) is 12.2 Å². The maximum Gasteiger partial charge on any atom is -0.0169 e. The van der Waals surface area contributed by atoms with Crippen LogP contribution in [0.3, 0.4) is 0 Å². The van der Waals surface area contributed by atoms with Crippen molar-refractivity contribution in [3.63, 3.8) is 0 Å². The summed E-state index contributed by atoms with van der Waals surface area (Å²) in [6.07, 6.45) is 5.50. The van der Waals surface area contributed by atoms with Crippen LogP contribution in [-0.4, -0.2) is 0 Å². The number of halogens is 1. The van der Waals surface area contributed by atoms with Crippen molar-refractivity contribution in [1.29, 1.82) is 0 Å². The Balaban J connectivity index is 0.0000000900. The molecule has 0 amide bonds. The van der Waals surface area contributed by atoms with Gasteiger partial charge < -0.3 is 0 Å². The van der Waals surface area contributed by atoms with E-state index in [1.54, 1.807) is 0 Å². The molecule has 4 heavy (non-hydrogen) atoms. The van der Waals surface area contributed by atoms with Crippen LogP contribution in [0.2, 0.25) is 0 Å². The van der Waals surface area contributed by atoms with E-state index >= 15 is 0 Å². The summed E-state index contributed by atoms with van der Waals surface area (Å²) in [6, 6.07) is 0. The SMILES string of the molecule is C1=CC1.F. The fourth-order valence-corrected chi connectivity index (χ4v) is 0. The van der Waals surface area contributed by atoms with E-state index in [1.165, 1.54) is 6.42 Å². The molecule has 1 aliphatic carbocycles. The quantitative estimate of drug-likeness (QED) is 0.367. The average molecular weight is 60.1 g/mol. The minimum absolute atomic E-state index is 0. The summed E-state index contributed by atoms with van der Waals surface area (Å²) in [4.78, 5) is 0. The summed E-state index contributed by atoms with van der Waals surface area (Å²) in [5.41, 5.74) is 0. The molecule has 0 radical (unpaired) electrons. The lowest BCUT2D eigenvalue weighted by atomic mass is 10.9. The molecule has 24 valence electrons. The Morgan fingerprint density at radius 1 is 1.25 bits per heavy atom. The molecule has 0 fully saturated rings. The highest BCUT2D eigenvalue weighted by Gasteiger charge is 1.75. The van der Waals surface area contributed by atoms with E-state index in [4.69, 9.17) is 0 Å². The van der Waals surface area contributed by atoms with Crippen LogP contribution in [0.5, 0.6) is 0 Å². The lowest BCUT2D eigenvalue weighted by Crippen LogP contribution is -0.956. The Morgan fingerprint density at radius 2 is 1.50 bits per heavy atom. The first-order valence-electron chi connectivity index (χ1n) is 1.15. The van der Waals surface area contributed by atoms with Gasteiger partial charge in [0.05, 0.1) is 0 Å². The van der Waals surface area contributed by atoms with Gasteiger partial charge in [0.15, 0.2) is 0 Å². The highest BCUT2D eigenvalue weighted by Crippen LogP contribution is 1.96. The fraction of sp³-hybridized carbons (Fsp3) is 0.333. The first kappa shape index (κ1) is 3.67.